The maximum Gasteiger partial charge on any atom is 0.416 e. The molecular weight excluding hydrogens is 353 g/mol. The number of thiazole rings is 1. The maximum absolute atomic E-state index is 12.9. The predicted molar refractivity (Wildman–Crippen MR) is 75.8 cm³/mol. The van der Waals surface area contributed by atoms with Gasteiger partial charge in [0.15, 0.2) is 5.13 Å². The molecule has 0 spiro atoms. The summed E-state index contributed by atoms with van der Waals surface area (Å²) < 4.78 is 39.1. The number of nitrogens with two attached hydrogens (primary N) is 1. The van der Waals surface area contributed by atoms with Gasteiger partial charge in [-0.2, -0.15) is 13.2 Å². The molecule has 1 unspecified atom stereocenters. The third-order valence-corrected chi connectivity index (χ3v) is 4.88. The van der Waals surface area contributed by atoms with E-state index in [2.05, 4.69) is 20.9 Å². The van der Waals surface area contributed by atoms with Gasteiger partial charge in [-0.15, -0.1) is 11.3 Å². The van der Waals surface area contributed by atoms with Crippen LogP contribution in [-0.4, -0.2) is 4.98 Å². The van der Waals surface area contributed by atoms with E-state index in [4.69, 9.17) is 5.73 Å². The van der Waals surface area contributed by atoms with E-state index in [-0.39, 0.29) is 5.92 Å². The maximum atomic E-state index is 12.9. The van der Waals surface area contributed by atoms with E-state index in [0.717, 1.165) is 29.5 Å². The molecule has 1 aliphatic carbocycles. The summed E-state index contributed by atoms with van der Waals surface area (Å²) in [6.45, 7) is 0. The van der Waals surface area contributed by atoms with Crippen LogP contribution in [-0.2, 0) is 12.6 Å². The van der Waals surface area contributed by atoms with E-state index in [9.17, 15) is 13.2 Å². The molecule has 7 heteroatoms. The van der Waals surface area contributed by atoms with Gasteiger partial charge in [0.1, 0.15) is 0 Å². The van der Waals surface area contributed by atoms with Gasteiger partial charge in [0.25, 0.3) is 0 Å². The zero-order chi connectivity index (χ0) is 14.5. The van der Waals surface area contributed by atoms with Crippen LogP contribution in [0.5, 0.6) is 0 Å². The molecule has 0 saturated carbocycles. The first-order valence-corrected chi connectivity index (χ1v) is 7.58. The van der Waals surface area contributed by atoms with Crippen LogP contribution in [0, 0.1) is 0 Å². The molecule has 1 atom stereocenters. The van der Waals surface area contributed by atoms with Crippen molar-refractivity contribution in [1.29, 1.82) is 0 Å². The van der Waals surface area contributed by atoms with Crippen LogP contribution in [0.2, 0.25) is 0 Å². The van der Waals surface area contributed by atoms with Gasteiger partial charge in [0.2, 0.25) is 0 Å². The number of aromatic nitrogens is 1. The van der Waals surface area contributed by atoms with Crippen LogP contribution >= 0.6 is 27.3 Å². The highest BCUT2D eigenvalue weighted by Gasteiger charge is 2.33. The fourth-order valence-corrected chi connectivity index (χ4v) is 4.10. The van der Waals surface area contributed by atoms with Crippen molar-refractivity contribution in [3.8, 4) is 0 Å². The molecule has 2 aromatic rings. The summed E-state index contributed by atoms with van der Waals surface area (Å²) in [6.07, 6.45) is -2.80. The second-order valence-corrected chi connectivity index (χ2v) is 6.70. The molecule has 1 aliphatic rings. The molecule has 0 bridgehead atoms. The minimum atomic E-state index is -4.34. The van der Waals surface area contributed by atoms with E-state index < -0.39 is 11.7 Å². The molecule has 1 aromatic heterocycles. The number of alkyl halides is 3. The highest BCUT2D eigenvalue weighted by Crippen LogP contribution is 2.44. The van der Waals surface area contributed by atoms with Crippen LogP contribution in [0.3, 0.4) is 0 Å². The molecule has 3 rings (SSSR count). The largest absolute Gasteiger partial charge is 0.416 e. The summed E-state index contributed by atoms with van der Waals surface area (Å²) in [4.78, 5) is 5.22. The van der Waals surface area contributed by atoms with Crippen molar-refractivity contribution in [2.24, 2.45) is 0 Å². The number of nitrogens with zero attached hydrogens (tertiary/aromatic N) is 1. The Labute approximate surface area is 126 Å². The van der Waals surface area contributed by atoms with Gasteiger partial charge in [0, 0.05) is 15.3 Å². The van der Waals surface area contributed by atoms with E-state index in [1.165, 1.54) is 17.4 Å². The topological polar surface area (TPSA) is 38.9 Å². The zero-order valence-corrected chi connectivity index (χ0v) is 12.6. The van der Waals surface area contributed by atoms with Crippen molar-refractivity contribution in [3.05, 3.63) is 44.4 Å². The van der Waals surface area contributed by atoms with Gasteiger partial charge in [0.05, 0.1) is 11.3 Å². The Morgan fingerprint density at radius 1 is 1.30 bits per heavy atom. The number of aryl methyl sites for hydroxylation is 1. The van der Waals surface area contributed by atoms with Crippen LogP contribution in [0.4, 0.5) is 18.3 Å². The summed E-state index contributed by atoms with van der Waals surface area (Å²) in [5.41, 5.74) is 6.63. The van der Waals surface area contributed by atoms with E-state index in [1.54, 1.807) is 6.07 Å². The first-order chi connectivity index (χ1) is 9.34. The molecule has 0 radical (unpaired) electrons. The van der Waals surface area contributed by atoms with E-state index >= 15 is 0 Å². The van der Waals surface area contributed by atoms with Crippen molar-refractivity contribution in [1.82, 2.24) is 4.98 Å². The summed E-state index contributed by atoms with van der Waals surface area (Å²) in [5.74, 6) is -0.0431. The summed E-state index contributed by atoms with van der Waals surface area (Å²) in [7, 11) is 0. The Morgan fingerprint density at radius 3 is 2.75 bits per heavy atom. The average molecular weight is 363 g/mol. The number of rotatable bonds is 1. The number of hydrogen-bond acceptors (Lipinski definition) is 3. The number of nitrogen functional groups attached to an aromatic ring is 1. The number of benzene rings is 1. The molecule has 0 saturated heterocycles. The Hall–Kier alpha value is -1.08. The molecule has 0 amide bonds. The predicted octanol–water partition coefficient (Wildman–Crippen LogP) is 4.58. The van der Waals surface area contributed by atoms with Crippen LogP contribution < -0.4 is 5.73 Å². The zero-order valence-electron chi connectivity index (χ0n) is 10.2. The number of anilines is 1. The van der Waals surface area contributed by atoms with Crippen molar-refractivity contribution in [2.75, 3.05) is 5.73 Å². The molecular formula is C13H10BrF3N2S. The van der Waals surface area contributed by atoms with Gasteiger partial charge < -0.3 is 5.73 Å². The first-order valence-electron chi connectivity index (χ1n) is 5.97. The summed E-state index contributed by atoms with van der Waals surface area (Å²) in [5, 5.41) is 0.478. The SMILES string of the molecule is Nc1nc2c(s1)C(c1cc(Br)cc(C(F)(F)F)c1)CC2. The Bertz CT molecular complexity index is 666. The Kier molecular flexibility index (Phi) is 3.29. The first kappa shape index (κ1) is 13.9. The van der Waals surface area contributed by atoms with Crippen LogP contribution in [0.25, 0.3) is 0 Å². The van der Waals surface area contributed by atoms with Gasteiger partial charge in [-0.25, -0.2) is 4.98 Å². The highest BCUT2D eigenvalue weighted by atomic mass is 79.9. The van der Waals surface area contributed by atoms with E-state index in [0.29, 0.717) is 15.2 Å². The summed E-state index contributed by atoms with van der Waals surface area (Å²) in [6, 6.07) is 4.06. The Morgan fingerprint density at radius 2 is 2.05 bits per heavy atom. The lowest BCUT2D eigenvalue weighted by Crippen LogP contribution is -2.07. The highest BCUT2D eigenvalue weighted by molar-refractivity contribution is 9.10. The lowest BCUT2D eigenvalue weighted by molar-refractivity contribution is -0.137. The van der Waals surface area contributed by atoms with Crippen molar-refractivity contribution in [3.63, 3.8) is 0 Å². The Balaban J connectivity index is 2.05. The average Bonchev–Trinajstić information content (AvgIpc) is 2.85. The monoisotopic (exact) mass is 362 g/mol. The van der Waals surface area contributed by atoms with Crippen molar-refractivity contribution < 1.29 is 13.2 Å². The lowest BCUT2D eigenvalue weighted by atomic mass is 9.96. The third kappa shape index (κ3) is 2.44. The molecule has 0 aliphatic heterocycles. The number of halogens is 4. The lowest BCUT2D eigenvalue weighted by Gasteiger charge is -2.14. The normalized spacial score (nSPS) is 18.3. The number of hydrogen-bond donors (Lipinski definition) is 1. The van der Waals surface area contributed by atoms with Crippen molar-refractivity contribution in [2.45, 2.75) is 24.9 Å². The summed E-state index contributed by atoms with van der Waals surface area (Å²) >= 11 is 4.53. The standard InChI is InChI=1S/C13H10BrF3N2S/c14-8-4-6(3-7(5-8)13(15,16)17)9-1-2-10-11(9)20-12(18)19-10/h3-5,9H,1-2H2,(H2,18,19). The van der Waals surface area contributed by atoms with Crippen molar-refractivity contribution >= 4 is 32.4 Å². The second-order valence-electron chi connectivity index (χ2n) is 4.73. The quantitative estimate of drug-likeness (QED) is 0.805. The minimum absolute atomic E-state index is 0.0431. The van der Waals surface area contributed by atoms with Gasteiger partial charge in [-0.05, 0) is 36.6 Å². The second kappa shape index (κ2) is 4.73. The number of fused-ring (bicyclic) bond motifs is 1. The van der Waals surface area contributed by atoms with Gasteiger partial charge in [-0.1, -0.05) is 15.9 Å². The van der Waals surface area contributed by atoms with Crippen LogP contribution in [0.15, 0.2) is 22.7 Å². The smallest absolute Gasteiger partial charge is 0.375 e. The minimum Gasteiger partial charge on any atom is -0.375 e. The molecule has 2 N–H and O–H groups in total. The molecule has 2 nitrogen and oxygen atoms in total. The molecule has 0 fully saturated rings. The fourth-order valence-electron chi connectivity index (χ4n) is 2.54. The van der Waals surface area contributed by atoms with Gasteiger partial charge in [-0.3, -0.25) is 0 Å². The third-order valence-electron chi connectivity index (χ3n) is 3.38. The van der Waals surface area contributed by atoms with E-state index in [1.807, 2.05) is 0 Å². The molecule has 1 aromatic carbocycles. The van der Waals surface area contributed by atoms with Gasteiger partial charge >= 0.3 is 6.18 Å². The molecule has 20 heavy (non-hydrogen) atoms. The fraction of sp³-hybridized carbons (Fsp3) is 0.308. The molecule has 1 heterocycles. The van der Waals surface area contributed by atoms with Crippen LogP contribution in [0.1, 0.15) is 34.0 Å². The molecule has 106 valence electrons.